The Hall–Kier alpha value is -2.49. The quantitative estimate of drug-likeness (QED) is 0.627. The van der Waals surface area contributed by atoms with Gasteiger partial charge in [-0.05, 0) is 66.5 Å². The third-order valence-corrected chi connectivity index (χ3v) is 5.59. The zero-order chi connectivity index (χ0) is 19.3. The Bertz CT molecular complexity index is 952. The van der Waals surface area contributed by atoms with Crippen LogP contribution in [0.2, 0.25) is 0 Å². The van der Waals surface area contributed by atoms with Crippen molar-refractivity contribution in [2.45, 2.75) is 16.6 Å². The molecule has 1 aromatic carbocycles. The average molecular weight is 432 g/mol. The molecule has 1 amide bonds. The Morgan fingerprint density at radius 2 is 1.86 bits per heavy atom. The van der Waals surface area contributed by atoms with E-state index in [9.17, 15) is 4.79 Å². The molecule has 0 radical (unpaired) electrons. The van der Waals surface area contributed by atoms with Crippen LogP contribution in [0.25, 0.3) is 5.69 Å². The van der Waals surface area contributed by atoms with E-state index in [2.05, 4.69) is 32.5 Å². The van der Waals surface area contributed by atoms with Gasteiger partial charge < -0.3 is 9.80 Å². The van der Waals surface area contributed by atoms with Crippen molar-refractivity contribution in [3.05, 3.63) is 54.2 Å². The molecule has 10 heteroatoms. The molecule has 4 rings (SSSR count). The second-order valence-corrected chi connectivity index (χ2v) is 7.57. The third-order valence-electron chi connectivity index (χ3n) is 4.64. The average Bonchev–Trinajstić information content (AvgIpc) is 3.08. The summed E-state index contributed by atoms with van der Waals surface area (Å²) in [6.45, 7) is 3.35. The van der Waals surface area contributed by atoms with Gasteiger partial charge in [-0.3, -0.25) is 4.79 Å². The van der Waals surface area contributed by atoms with Gasteiger partial charge in [-0.15, -0.1) is 17.5 Å². The minimum atomic E-state index is 0. The number of halogens is 1. The molecule has 1 saturated heterocycles. The number of benzene rings is 1. The maximum atomic E-state index is 13.2. The molecule has 1 aliphatic heterocycles. The lowest BCUT2D eigenvalue weighted by Gasteiger charge is -2.21. The van der Waals surface area contributed by atoms with E-state index in [-0.39, 0.29) is 18.3 Å². The molecular weight excluding hydrogens is 410 g/mol. The molecule has 1 aliphatic rings. The highest BCUT2D eigenvalue weighted by Gasteiger charge is 2.23. The highest BCUT2D eigenvalue weighted by molar-refractivity contribution is 7.99. The van der Waals surface area contributed by atoms with Gasteiger partial charge in [-0.25, -0.2) is 4.98 Å². The van der Waals surface area contributed by atoms with Crippen molar-refractivity contribution in [3.63, 3.8) is 0 Å². The summed E-state index contributed by atoms with van der Waals surface area (Å²) in [7, 11) is 2.09. The lowest BCUT2D eigenvalue weighted by atomic mass is 10.2. The number of tetrazole rings is 1. The van der Waals surface area contributed by atoms with Crippen LogP contribution in [0.5, 0.6) is 0 Å². The van der Waals surface area contributed by atoms with E-state index in [1.165, 1.54) is 11.8 Å². The highest BCUT2D eigenvalue weighted by atomic mass is 35.5. The predicted octanol–water partition coefficient (Wildman–Crippen LogP) is 2.41. The van der Waals surface area contributed by atoms with Gasteiger partial charge in [-0.2, -0.15) is 4.68 Å². The van der Waals surface area contributed by atoms with Gasteiger partial charge in [0.05, 0.1) is 11.3 Å². The lowest BCUT2D eigenvalue weighted by Crippen LogP contribution is -2.34. The van der Waals surface area contributed by atoms with Crippen molar-refractivity contribution in [3.8, 4) is 5.69 Å². The van der Waals surface area contributed by atoms with E-state index in [1.54, 1.807) is 16.9 Å². The van der Waals surface area contributed by atoms with Crippen molar-refractivity contribution in [1.82, 2.24) is 35.0 Å². The van der Waals surface area contributed by atoms with Gasteiger partial charge in [0.15, 0.2) is 0 Å². The van der Waals surface area contributed by atoms with Gasteiger partial charge >= 0.3 is 0 Å². The largest absolute Gasteiger partial charge is 0.337 e. The summed E-state index contributed by atoms with van der Waals surface area (Å²) in [6.07, 6.45) is 2.66. The van der Waals surface area contributed by atoms with Crippen LogP contribution in [0.3, 0.4) is 0 Å². The van der Waals surface area contributed by atoms with Crippen molar-refractivity contribution >= 4 is 30.1 Å². The van der Waals surface area contributed by atoms with Crippen LogP contribution < -0.4 is 0 Å². The highest BCUT2D eigenvalue weighted by Crippen LogP contribution is 2.29. The Kier molecular flexibility index (Phi) is 7.18. The first kappa shape index (κ1) is 21.2. The molecule has 0 saturated carbocycles. The van der Waals surface area contributed by atoms with Crippen molar-refractivity contribution < 1.29 is 4.79 Å². The number of carbonyl (C=O) groups is 1. The summed E-state index contributed by atoms with van der Waals surface area (Å²) in [5, 5.41) is 13.2. The number of rotatable bonds is 4. The Labute approximate surface area is 179 Å². The van der Waals surface area contributed by atoms with Crippen LogP contribution >= 0.6 is 24.2 Å². The van der Waals surface area contributed by atoms with E-state index in [0.29, 0.717) is 15.7 Å². The second-order valence-electron chi connectivity index (χ2n) is 6.62. The molecule has 2 aromatic heterocycles. The molecule has 8 nitrogen and oxygen atoms in total. The van der Waals surface area contributed by atoms with Crippen molar-refractivity contribution in [1.29, 1.82) is 0 Å². The summed E-state index contributed by atoms with van der Waals surface area (Å²) in [4.78, 5) is 21.8. The summed E-state index contributed by atoms with van der Waals surface area (Å²) < 4.78 is 1.65. The molecule has 0 spiro atoms. The molecule has 0 atom stereocenters. The van der Waals surface area contributed by atoms with Crippen LogP contribution in [0, 0.1) is 0 Å². The van der Waals surface area contributed by atoms with E-state index < -0.39 is 0 Å². The molecule has 0 unspecified atom stereocenters. The fourth-order valence-corrected chi connectivity index (χ4v) is 3.97. The summed E-state index contributed by atoms with van der Waals surface area (Å²) in [5.74, 6) is 0.00429. The first-order chi connectivity index (χ1) is 13.7. The standard InChI is InChI=1S/C19H21N7OS.ClH/c1-24-11-6-12-25(14-13-24)18(27)16-9-5-10-20-17(16)28-19-21-22-23-26(19)15-7-3-2-4-8-15;/h2-5,7-10H,6,11-14H2,1H3;1H. The van der Waals surface area contributed by atoms with Gasteiger partial charge in [0.2, 0.25) is 5.16 Å². The van der Waals surface area contributed by atoms with E-state index in [4.69, 9.17) is 0 Å². The fourth-order valence-electron chi connectivity index (χ4n) is 3.12. The topological polar surface area (TPSA) is 80.0 Å². The molecule has 0 aliphatic carbocycles. The second kappa shape index (κ2) is 9.82. The van der Waals surface area contributed by atoms with Gasteiger partial charge in [0.25, 0.3) is 5.91 Å². The Morgan fingerprint density at radius 1 is 1.03 bits per heavy atom. The Morgan fingerprint density at radius 3 is 2.69 bits per heavy atom. The maximum Gasteiger partial charge on any atom is 0.256 e. The van der Waals surface area contributed by atoms with Crippen molar-refractivity contribution in [2.75, 3.05) is 33.2 Å². The number of nitrogens with zero attached hydrogens (tertiary/aromatic N) is 7. The zero-order valence-corrected chi connectivity index (χ0v) is 17.6. The summed E-state index contributed by atoms with van der Waals surface area (Å²) in [5.41, 5.74) is 1.44. The molecule has 1 fully saturated rings. The number of likely N-dealkylation sites (N-methyl/N-ethyl adjacent to an activating group) is 1. The molecule has 3 aromatic rings. The molecule has 0 N–H and O–H groups in total. The van der Waals surface area contributed by atoms with E-state index in [0.717, 1.165) is 38.3 Å². The minimum Gasteiger partial charge on any atom is -0.337 e. The number of hydrogen-bond donors (Lipinski definition) is 0. The van der Waals surface area contributed by atoms with E-state index in [1.807, 2.05) is 41.3 Å². The van der Waals surface area contributed by atoms with Crippen LogP contribution in [-0.2, 0) is 0 Å². The van der Waals surface area contributed by atoms with E-state index >= 15 is 0 Å². The first-order valence-electron chi connectivity index (χ1n) is 9.17. The smallest absolute Gasteiger partial charge is 0.256 e. The number of hydrogen-bond acceptors (Lipinski definition) is 7. The number of carbonyl (C=O) groups excluding carboxylic acids is 1. The molecule has 3 heterocycles. The number of amides is 1. The third kappa shape index (κ3) is 4.92. The van der Waals surface area contributed by atoms with Gasteiger partial charge in [0.1, 0.15) is 5.03 Å². The molecular formula is C19H22ClN7OS. The first-order valence-corrected chi connectivity index (χ1v) is 9.98. The summed E-state index contributed by atoms with van der Waals surface area (Å²) >= 11 is 1.30. The van der Waals surface area contributed by atoms with Crippen LogP contribution in [-0.4, -0.2) is 74.1 Å². The normalized spacial score (nSPS) is 14.9. The molecule has 152 valence electrons. The molecule has 0 bridgehead atoms. The fraction of sp³-hybridized carbons (Fsp3) is 0.316. The van der Waals surface area contributed by atoms with Crippen LogP contribution in [0.4, 0.5) is 0 Å². The number of pyridine rings is 1. The maximum absolute atomic E-state index is 13.2. The van der Waals surface area contributed by atoms with Crippen LogP contribution in [0.1, 0.15) is 16.8 Å². The SMILES string of the molecule is CN1CCCN(C(=O)c2cccnc2Sc2nnnn2-c2ccccc2)CC1.Cl. The lowest BCUT2D eigenvalue weighted by molar-refractivity contribution is 0.0758. The minimum absolute atomic E-state index is 0. The Balaban J connectivity index is 0.00000240. The zero-order valence-electron chi connectivity index (χ0n) is 16.0. The number of aromatic nitrogens is 5. The van der Waals surface area contributed by atoms with Crippen LogP contribution in [0.15, 0.2) is 58.8 Å². The van der Waals surface area contributed by atoms with Gasteiger partial charge in [-0.1, -0.05) is 18.2 Å². The number of para-hydroxylation sites is 1. The van der Waals surface area contributed by atoms with Gasteiger partial charge in [0, 0.05) is 25.8 Å². The monoisotopic (exact) mass is 431 g/mol. The van der Waals surface area contributed by atoms with Crippen molar-refractivity contribution in [2.24, 2.45) is 0 Å². The predicted molar refractivity (Wildman–Crippen MR) is 113 cm³/mol. The molecule has 29 heavy (non-hydrogen) atoms. The summed E-state index contributed by atoms with van der Waals surface area (Å²) in [6, 6.07) is 13.3.